The van der Waals surface area contributed by atoms with Crippen molar-refractivity contribution in [2.24, 2.45) is 17.4 Å². The predicted octanol–water partition coefficient (Wildman–Crippen LogP) is -5.62. The predicted molar refractivity (Wildman–Crippen MR) is 400 cm³/mol. The molecule has 43 nitrogen and oxygen atoms in total. The van der Waals surface area contributed by atoms with E-state index in [4.69, 9.17) is 21.9 Å². The number of cyclic esters (lactones) is 1. The third kappa shape index (κ3) is 32.5. The first-order valence-electron chi connectivity index (χ1n) is 36.8. The Bertz CT molecular complexity index is 4040. The molecule has 0 bridgehead atoms. The average Bonchev–Trinajstić information content (AvgIpc) is 1.72. The Labute approximate surface area is 657 Å². The Kier molecular flexibility index (Phi) is 39.2. The first-order chi connectivity index (χ1) is 54.4. The van der Waals surface area contributed by atoms with Crippen molar-refractivity contribution in [1.82, 2.24) is 74.1 Å². The van der Waals surface area contributed by atoms with Gasteiger partial charge in [-0.15, -0.1) is 0 Å². The highest BCUT2D eigenvalue weighted by molar-refractivity contribution is 6.05. The van der Waals surface area contributed by atoms with Gasteiger partial charge in [0, 0.05) is 47.6 Å². The molecule has 13 atom stereocenters. The van der Waals surface area contributed by atoms with Gasteiger partial charge in [-0.05, 0) is 69.3 Å². The summed E-state index contributed by atoms with van der Waals surface area (Å²) in [5.41, 5.74) is 18.1. The second-order valence-electron chi connectivity index (χ2n) is 27.2. The lowest BCUT2D eigenvalue weighted by Crippen LogP contribution is -2.62. The van der Waals surface area contributed by atoms with Gasteiger partial charge in [-0.2, -0.15) is 0 Å². The quantitative estimate of drug-likeness (QED) is 0.0113. The van der Waals surface area contributed by atoms with E-state index in [-0.39, 0.29) is 37.1 Å². The summed E-state index contributed by atoms with van der Waals surface area (Å²) in [6.45, 7) is 1.11. The second-order valence-corrected chi connectivity index (χ2v) is 27.2. The number of unbranched alkanes of at least 4 members (excludes halogenated alkanes) is 6. The van der Waals surface area contributed by atoms with Gasteiger partial charge >= 0.3 is 29.8 Å². The number of ether oxygens (including phenoxy) is 1. The molecule has 0 saturated carbocycles. The number of hydrogen-bond donors (Lipinski definition) is 22. The van der Waals surface area contributed by atoms with E-state index >= 15 is 0 Å². The number of amides is 14. The van der Waals surface area contributed by atoms with Gasteiger partial charge in [0.15, 0.2) is 5.78 Å². The summed E-state index contributed by atoms with van der Waals surface area (Å²) in [7, 11) is 0. The lowest BCUT2D eigenvalue weighted by atomic mass is 9.96. The molecule has 25 N–H and O–H groups in total. The number of carboxylic acids is 4. The normalized spacial score (nSPS) is 21.2. The van der Waals surface area contributed by atoms with Crippen molar-refractivity contribution >= 4 is 135 Å². The summed E-state index contributed by atoms with van der Waals surface area (Å²) in [5.74, 6) is -29.7. The van der Waals surface area contributed by atoms with E-state index in [1.54, 1.807) is 30.5 Å². The van der Waals surface area contributed by atoms with Crippen molar-refractivity contribution in [2.45, 2.75) is 209 Å². The molecule has 1 aliphatic heterocycles. The molecule has 0 aliphatic carbocycles. The number of nitrogens with one attached hydrogen (secondary N) is 14. The van der Waals surface area contributed by atoms with Crippen molar-refractivity contribution in [3.63, 3.8) is 0 Å². The number of nitrogens with two attached hydrogens (primary N) is 3. The first kappa shape index (κ1) is 94.7. The molecule has 2 heterocycles. The van der Waals surface area contributed by atoms with Crippen molar-refractivity contribution in [2.75, 3.05) is 32.0 Å². The number of aliphatic hydroxyl groups excluding tert-OH is 1. The number of nitrogen functional groups attached to an aromatic ring is 1. The van der Waals surface area contributed by atoms with Gasteiger partial charge in [0.05, 0.1) is 51.8 Å². The van der Waals surface area contributed by atoms with Crippen LogP contribution in [0.2, 0.25) is 0 Å². The molecule has 1 aliphatic rings. The largest absolute Gasteiger partial charge is 0.481 e. The van der Waals surface area contributed by atoms with Crippen LogP contribution in [0.1, 0.15) is 146 Å². The maximum Gasteiger partial charge on any atom is 0.329 e. The van der Waals surface area contributed by atoms with Crippen LogP contribution in [0.3, 0.4) is 0 Å². The molecule has 1 fully saturated rings. The van der Waals surface area contributed by atoms with Crippen LogP contribution in [0.5, 0.6) is 0 Å². The minimum absolute atomic E-state index is 0.0186. The number of carbonyl (C=O) groups excluding carboxylic acids is 16. The number of rotatable bonds is 35. The number of Topliss-reactive ketones (excluding diaryl/α,β-unsaturated/α-hetero) is 1. The standard InChI is InChI=1S/C72H101N17O26/c1-5-6-7-8-9-10-11-22-53(93)81-44(25-38-31-76-42-20-15-13-17-39(38)42)66(108)84-45(27-52(75)92)67(109)86-48(30-59(102)103)68(110)89-61-37(4)115-72(114)49(26-51(91)40-18-12-14-19-41(40)74)87-71(113)60(35(2)24-56(96)97)88-69(111)50(34-90)82-55(95)32-77-63(105)46(28-57(98)99)83-62(104)36(3)79-65(107)47(29-58(100)101)85-64(106)43(21-16-23-73)80-54(94)33-78-70(61)112/h12-15,17-20,31,35-37,43-50,60-61,76,90H,5-11,16,21-30,32-34,73-74H2,1-4H3,(H2,75,92)(H,77,105)(H,78,112)(H,79,107)(H,80,94)(H,81,93)(H,82,95)(H,83,104)(H,84,108)(H,85,106)(H,86,109)(H,87,113)(H,88,111)(H,89,110)(H,96,97)(H,98,99)(H,100,101)(H,102,103)/t35-,36-,37?,43+,44+,45-,46+,47?,48+,49+,50-,60?,61?/m1/s1. The van der Waals surface area contributed by atoms with Gasteiger partial charge in [0.25, 0.3) is 0 Å². The summed E-state index contributed by atoms with van der Waals surface area (Å²) >= 11 is 0. The van der Waals surface area contributed by atoms with E-state index < -0.39 is 261 Å². The highest BCUT2D eigenvalue weighted by atomic mass is 16.5. The first-order valence-corrected chi connectivity index (χ1v) is 36.8. The fourth-order valence-corrected chi connectivity index (χ4v) is 11.7. The highest BCUT2D eigenvalue weighted by Crippen LogP contribution is 2.22. The molecule has 4 rings (SSSR count). The number of aliphatic hydroxyl groups is 1. The molecule has 4 unspecified atom stereocenters. The number of primary amides is 1. The third-order valence-electron chi connectivity index (χ3n) is 17.9. The van der Waals surface area contributed by atoms with Crippen LogP contribution >= 0.6 is 0 Å². The monoisotopic (exact) mass is 1620 g/mol. The molecule has 630 valence electrons. The number of benzene rings is 2. The van der Waals surface area contributed by atoms with Crippen molar-refractivity contribution in [1.29, 1.82) is 0 Å². The zero-order valence-corrected chi connectivity index (χ0v) is 63.6. The van der Waals surface area contributed by atoms with Gasteiger partial charge in [-0.1, -0.05) is 82.7 Å². The molecule has 1 saturated heterocycles. The minimum atomic E-state index is -2.45. The molecule has 14 amide bonds. The number of H-pyrrole nitrogens is 1. The second kappa shape index (κ2) is 47.6. The SMILES string of the molecule is CCCCCCCCCC(=O)N[C@@H](Cc1c[nH]c2ccccc12)C(=O)N[C@H](CC(N)=O)C(=O)N[C@@H](CC(=O)O)C(=O)NC1C(=O)NCC(=O)N[C@@H](CCCN)C(=O)NC(CC(=O)O)C(=O)N[C@H](C)C(=O)N[C@@H](CC(=O)O)C(=O)NCC(=O)N[C@H](CO)C(=O)NC([C@H](C)CC(=O)O)C(=O)N[C@@H](CC(=O)c2ccccc2N)C(=O)OC1C. The number of hydrogen-bond acceptors (Lipinski definition) is 24. The number of carbonyl (C=O) groups is 20. The van der Waals surface area contributed by atoms with E-state index in [2.05, 4.69) is 65.1 Å². The number of anilines is 1. The molecular weight excluding hydrogens is 1520 g/mol. The zero-order valence-electron chi connectivity index (χ0n) is 63.6. The maximum atomic E-state index is 14.8. The smallest absolute Gasteiger partial charge is 0.329 e. The Morgan fingerprint density at radius 2 is 1.09 bits per heavy atom. The van der Waals surface area contributed by atoms with E-state index in [1.165, 1.54) is 24.3 Å². The number of ketones is 1. The number of fused-ring (bicyclic) bond motifs is 1. The number of para-hydroxylation sites is 2. The molecule has 0 spiro atoms. The molecular formula is C72H101N17O26. The number of carboxylic acid groups (broad SMARTS) is 4. The van der Waals surface area contributed by atoms with E-state index in [0.717, 1.165) is 52.9 Å². The van der Waals surface area contributed by atoms with Crippen LogP contribution in [-0.4, -0.2) is 248 Å². The van der Waals surface area contributed by atoms with Crippen molar-refractivity contribution in [3.05, 3.63) is 65.9 Å². The van der Waals surface area contributed by atoms with E-state index in [0.29, 0.717) is 29.3 Å². The Balaban J connectivity index is 1.87. The summed E-state index contributed by atoms with van der Waals surface area (Å²) in [6.07, 6.45) is -2.33. The van der Waals surface area contributed by atoms with Crippen molar-refractivity contribution < 1.29 is 126 Å². The van der Waals surface area contributed by atoms with Gasteiger partial charge < -0.3 is 122 Å². The zero-order chi connectivity index (χ0) is 85.8. The lowest BCUT2D eigenvalue weighted by molar-refractivity contribution is -0.156. The number of esters is 1. The summed E-state index contributed by atoms with van der Waals surface area (Å²) in [4.78, 5) is 276. The Morgan fingerprint density at radius 1 is 0.548 bits per heavy atom. The van der Waals surface area contributed by atoms with Gasteiger partial charge in [-0.3, -0.25) is 91.1 Å². The third-order valence-corrected chi connectivity index (χ3v) is 17.9. The molecule has 3 aromatic rings. The van der Waals surface area contributed by atoms with Gasteiger partial charge in [0.2, 0.25) is 82.7 Å². The number of aromatic nitrogens is 1. The molecule has 0 radical (unpaired) electrons. The fraction of sp³-hybridized carbons (Fsp3) is 0.528. The maximum absolute atomic E-state index is 14.8. The highest BCUT2D eigenvalue weighted by Gasteiger charge is 2.41. The summed E-state index contributed by atoms with van der Waals surface area (Å²) < 4.78 is 5.68. The molecule has 2 aromatic carbocycles. The van der Waals surface area contributed by atoms with Crippen LogP contribution in [0.4, 0.5) is 5.69 Å². The topological polar surface area (TPSA) is 702 Å². The molecule has 1 aromatic heterocycles. The van der Waals surface area contributed by atoms with E-state index in [9.17, 15) is 121 Å². The van der Waals surface area contributed by atoms with Crippen LogP contribution in [0.15, 0.2) is 54.7 Å². The van der Waals surface area contributed by atoms with Crippen LogP contribution in [0.25, 0.3) is 10.9 Å². The minimum Gasteiger partial charge on any atom is -0.481 e. The van der Waals surface area contributed by atoms with Crippen molar-refractivity contribution in [3.8, 4) is 0 Å². The molecule has 43 heteroatoms. The van der Waals surface area contributed by atoms with Gasteiger partial charge in [0.1, 0.15) is 72.6 Å². The van der Waals surface area contributed by atoms with Crippen LogP contribution < -0.4 is 86.3 Å². The van der Waals surface area contributed by atoms with Crippen LogP contribution in [-0.2, 0) is 102 Å². The summed E-state index contributed by atoms with van der Waals surface area (Å²) in [6, 6.07) is -10.5. The number of aliphatic carboxylic acids is 4. The average molecular weight is 1620 g/mol. The Hall–Kier alpha value is -12.7. The molecule has 115 heavy (non-hydrogen) atoms. The van der Waals surface area contributed by atoms with Gasteiger partial charge in [-0.25, -0.2) is 4.79 Å². The fourth-order valence-electron chi connectivity index (χ4n) is 11.7. The van der Waals surface area contributed by atoms with E-state index in [1.807, 2.05) is 16.0 Å². The van der Waals surface area contributed by atoms with Crippen LogP contribution in [0, 0.1) is 5.92 Å². The number of aromatic amines is 1. The summed E-state index contributed by atoms with van der Waals surface area (Å²) in [5, 5.41) is 78.7. The lowest BCUT2D eigenvalue weighted by Gasteiger charge is -2.30. The Morgan fingerprint density at radius 3 is 1.69 bits per heavy atom.